The number of aromatic nitrogens is 3. The van der Waals surface area contributed by atoms with Gasteiger partial charge >= 0.3 is 0 Å². The zero-order chi connectivity index (χ0) is 12.1. The summed E-state index contributed by atoms with van der Waals surface area (Å²) in [5.41, 5.74) is 2.13. The van der Waals surface area contributed by atoms with Crippen LogP contribution >= 0.6 is 11.6 Å². The van der Waals surface area contributed by atoms with Gasteiger partial charge in [-0.1, -0.05) is 18.5 Å². The van der Waals surface area contributed by atoms with E-state index in [1.807, 2.05) is 23.0 Å². The Hall–Kier alpha value is -1.55. The number of hydrogen-bond donors (Lipinski definition) is 1. The molecule has 17 heavy (non-hydrogen) atoms. The molecule has 0 amide bonds. The standard InChI is InChI=1S/C12H15ClN4/c1-2-7-17-11(5-6-16-17)9-14-10-3-4-12(13)15-8-10/h3-6,8,14H,2,7,9H2,1H3. The molecule has 2 rings (SSSR count). The van der Waals surface area contributed by atoms with Crippen molar-refractivity contribution in [2.45, 2.75) is 26.4 Å². The summed E-state index contributed by atoms with van der Waals surface area (Å²) in [4.78, 5) is 4.02. The first kappa shape index (κ1) is 11.9. The molecule has 90 valence electrons. The molecule has 0 fully saturated rings. The Bertz CT molecular complexity index is 464. The number of nitrogens with one attached hydrogen (secondary N) is 1. The maximum absolute atomic E-state index is 5.72. The van der Waals surface area contributed by atoms with Gasteiger partial charge in [0.15, 0.2) is 0 Å². The van der Waals surface area contributed by atoms with Crippen LogP contribution in [0.1, 0.15) is 19.0 Å². The number of hydrogen-bond acceptors (Lipinski definition) is 3. The van der Waals surface area contributed by atoms with Gasteiger partial charge in [-0.15, -0.1) is 0 Å². The summed E-state index contributed by atoms with van der Waals surface area (Å²) in [6.45, 7) is 3.83. The number of aryl methyl sites for hydroxylation is 1. The predicted molar refractivity (Wildman–Crippen MR) is 69.1 cm³/mol. The highest BCUT2D eigenvalue weighted by Gasteiger charge is 2.01. The van der Waals surface area contributed by atoms with Crippen LogP contribution in [-0.4, -0.2) is 14.8 Å². The molecule has 0 aromatic carbocycles. The smallest absolute Gasteiger partial charge is 0.129 e. The average Bonchev–Trinajstić information content (AvgIpc) is 2.77. The van der Waals surface area contributed by atoms with Gasteiger partial charge in [0.2, 0.25) is 0 Å². The van der Waals surface area contributed by atoms with Crippen LogP contribution in [-0.2, 0) is 13.1 Å². The second-order valence-electron chi connectivity index (χ2n) is 3.77. The van der Waals surface area contributed by atoms with E-state index < -0.39 is 0 Å². The minimum absolute atomic E-state index is 0.506. The third kappa shape index (κ3) is 3.20. The summed E-state index contributed by atoms with van der Waals surface area (Å²) in [5.74, 6) is 0. The molecule has 0 saturated heterocycles. The molecule has 4 nitrogen and oxygen atoms in total. The molecule has 0 aliphatic rings. The van der Waals surface area contributed by atoms with Gasteiger partial charge in [-0.05, 0) is 24.6 Å². The van der Waals surface area contributed by atoms with E-state index in [4.69, 9.17) is 11.6 Å². The van der Waals surface area contributed by atoms with E-state index in [2.05, 4.69) is 22.3 Å². The van der Waals surface area contributed by atoms with E-state index in [1.54, 1.807) is 12.3 Å². The van der Waals surface area contributed by atoms with Crippen LogP contribution in [0, 0.1) is 0 Å². The van der Waals surface area contributed by atoms with E-state index in [-0.39, 0.29) is 0 Å². The molecule has 0 aliphatic heterocycles. The highest BCUT2D eigenvalue weighted by Crippen LogP contribution is 2.11. The van der Waals surface area contributed by atoms with Gasteiger partial charge in [-0.2, -0.15) is 5.10 Å². The first-order chi connectivity index (χ1) is 8.29. The fourth-order valence-electron chi connectivity index (χ4n) is 1.60. The van der Waals surface area contributed by atoms with Crippen LogP contribution in [0.3, 0.4) is 0 Å². The number of nitrogens with zero attached hydrogens (tertiary/aromatic N) is 3. The molecule has 0 spiro atoms. The topological polar surface area (TPSA) is 42.7 Å². The van der Waals surface area contributed by atoms with E-state index in [0.29, 0.717) is 5.15 Å². The maximum Gasteiger partial charge on any atom is 0.129 e. The van der Waals surface area contributed by atoms with Crippen molar-refractivity contribution >= 4 is 17.3 Å². The molecule has 0 atom stereocenters. The molecule has 0 unspecified atom stereocenters. The molecule has 2 aromatic heterocycles. The molecule has 5 heteroatoms. The monoisotopic (exact) mass is 250 g/mol. The normalized spacial score (nSPS) is 10.5. The minimum Gasteiger partial charge on any atom is -0.378 e. The van der Waals surface area contributed by atoms with Crippen molar-refractivity contribution in [3.8, 4) is 0 Å². The Balaban J connectivity index is 1.97. The van der Waals surface area contributed by atoms with Gasteiger partial charge in [0.1, 0.15) is 5.15 Å². The average molecular weight is 251 g/mol. The summed E-state index contributed by atoms with van der Waals surface area (Å²) < 4.78 is 2.01. The van der Waals surface area contributed by atoms with Crippen molar-refractivity contribution in [3.63, 3.8) is 0 Å². The molecular weight excluding hydrogens is 236 g/mol. The lowest BCUT2D eigenvalue weighted by atomic mass is 10.3. The highest BCUT2D eigenvalue weighted by molar-refractivity contribution is 6.29. The molecule has 2 heterocycles. The Morgan fingerprint density at radius 2 is 2.24 bits per heavy atom. The SMILES string of the molecule is CCCn1nccc1CNc1ccc(Cl)nc1. The van der Waals surface area contributed by atoms with E-state index in [1.165, 1.54) is 5.69 Å². The first-order valence-electron chi connectivity index (χ1n) is 5.65. The lowest BCUT2D eigenvalue weighted by molar-refractivity contribution is 0.578. The van der Waals surface area contributed by atoms with Crippen LogP contribution in [0.15, 0.2) is 30.6 Å². The number of rotatable bonds is 5. The summed E-state index contributed by atoms with van der Waals surface area (Å²) in [6, 6.07) is 5.70. The summed E-state index contributed by atoms with van der Waals surface area (Å²) in [6.07, 6.45) is 4.63. The van der Waals surface area contributed by atoms with Crippen molar-refractivity contribution in [1.82, 2.24) is 14.8 Å². The van der Waals surface area contributed by atoms with E-state index in [9.17, 15) is 0 Å². The van der Waals surface area contributed by atoms with Crippen molar-refractivity contribution in [3.05, 3.63) is 41.4 Å². The Morgan fingerprint density at radius 1 is 1.35 bits per heavy atom. The third-order valence-electron chi connectivity index (χ3n) is 2.44. The van der Waals surface area contributed by atoms with Gasteiger partial charge in [-0.3, -0.25) is 4.68 Å². The quantitative estimate of drug-likeness (QED) is 0.830. The van der Waals surface area contributed by atoms with Crippen LogP contribution in [0.25, 0.3) is 0 Å². The van der Waals surface area contributed by atoms with Crippen molar-refractivity contribution in [2.75, 3.05) is 5.32 Å². The zero-order valence-electron chi connectivity index (χ0n) is 9.73. The lowest BCUT2D eigenvalue weighted by Crippen LogP contribution is -2.08. The number of pyridine rings is 1. The first-order valence-corrected chi connectivity index (χ1v) is 6.03. The number of anilines is 1. The molecule has 0 radical (unpaired) electrons. The minimum atomic E-state index is 0.506. The van der Waals surface area contributed by atoms with Gasteiger partial charge < -0.3 is 5.32 Å². The molecule has 2 aromatic rings. The molecule has 0 saturated carbocycles. The predicted octanol–water partition coefficient (Wildman–Crippen LogP) is 2.95. The molecule has 0 aliphatic carbocycles. The fraction of sp³-hybridized carbons (Fsp3) is 0.333. The van der Waals surface area contributed by atoms with Gasteiger partial charge in [0.25, 0.3) is 0 Å². The van der Waals surface area contributed by atoms with Gasteiger partial charge in [0, 0.05) is 12.7 Å². The van der Waals surface area contributed by atoms with Crippen LogP contribution in [0.5, 0.6) is 0 Å². The van der Waals surface area contributed by atoms with Crippen molar-refractivity contribution in [1.29, 1.82) is 0 Å². The second-order valence-corrected chi connectivity index (χ2v) is 4.16. The van der Waals surface area contributed by atoms with Crippen molar-refractivity contribution < 1.29 is 0 Å². The Labute approximate surface area is 106 Å². The zero-order valence-corrected chi connectivity index (χ0v) is 10.5. The largest absolute Gasteiger partial charge is 0.378 e. The van der Waals surface area contributed by atoms with Gasteiger partial charge in [-0.25, -0.2) is 4.98 Å². The van der Waals surface area contributed by atoms with E-state index >= 15 is 0 Å². The molecular formula is C12H15ClN4. The van der Waals surface area contributed by atoms with Crippen LogP contribution in [0.2, 0.25) is 5.15 Å². The van der Waals surface area contributed by atoms with E-state index in [0.717, 1.165) is 25.2 Å². The van der Waals surface area contributed by atoms with Crippen LogP contribution < -0.4 is 5.32 Å². The summed E-state index contributed by atoms with van der Waals surface area (Å²) >= 11 is 5.72. The Morgan fingerprint density at radius 3 is 2.94 bits per heavy atom. The van der Waals surface area contributed by atoms with Gasteiger partial charge in [0.05, 0.1) is 24.1 Å². The van der Waals surface area contributed by atoms with Crippen LogP contribution in [0.4, 0.5) is 5.69 Å². The molecule has 1 N–H and O–H groups in total. The second kappa shape index (κ2) is 5.68. The molecule has 0 bridgehead atoms. The summed E-state index contributed by atoms with van der Waals surface area (Å²) in [5, 5.41) is 8.07. The Kier molecular flexibility index (Phi) is 3.98. The van der Waals surface area contributed by atoms with Crippen molar-refractivity contribution in [2.24, 2.45) is 0 Å². The lowest BCUT2D eigenvalue weighted by Gasteiger charge is -2.08. The third-order valence-corrected chi connectivity index (χ3v) is 2.66. The highest BCUT2D eigenvalue weighted by atomic mass is 35.5. The summed E-state index contributed by atoms with van der Waals surface area (Å²) in [7, 11) is 0. The fourth-order valence-corrected chi connectivity index (χ4v) is 1.71. The maximum atomic E-state index is 5.72. The number of halogens is 1.